The quantitative estimate of drug-likeness (QED) is 0.470. The molecule has 0 radical (unpaired) electrons. The molecular weight excluding hydrogens is 260 g/mol. The minimum atomic E-state index is -1.69. The van der Waals surface area contributed by atoms with Crippen LogP contribution < -0.4 is 0 Å². The highest BCUT2D eigenvalue weighted by molar-refractivity contribution is 6.74. The molecule has 0 fully saturated rings. The van der Waals surface area contributed by atoms with E-state index in [1.165, 1.54) is 5.56 Å². The van der Waals surface area contributed by atoms with Crippen LogP contribution in [0.15, 0.2) is 43.0 Å². The number of aryl methyl sites for hydroxylation is 1. The van der Waals surface area contributed by atoms with E-state index in [1.54, 1.807) is 0 Å². The van der Waals surface area contributed by atoms with Crippen LogP contribution in [0.3, 0.4) is 0 Å². The lowest BCUT2D eigenvalue weighted by Crippen LogP contribution is -2.43. The average molecular weight is 291 g/mol. The zero-order chi connectivity index (χ0) is 15.2. The summed E-state index contributed by atoms with van der Waals surface area (Å²) in [6.45, 7) is 15.4. The molecule has 0 aliphatic heterocycles. The highest BCUT2D eigenvalue weighted by Crippen LogP contribution is 2.37. The second-order valence-electron chi connectivity index (χ2n) is 7.03. The second-order valence-corrected chi connectivity index (χ2v) is 11.8. The molecule has 1 aromatic carbocycles. The lowest BCUT2D eigenvalue weighted by atomic mass is 10.1. The Hall–Kier alpha value is -0.863. The molecule has 20 heavy (non-hydrogen) atoms. The Bertz CT molecular complexity index is 403. The fraction of sp³-hybridized carbons (Fsp3) is 0.556. The summed E-state index contributed by atoms with van der Waals surface area (Å²) in [4.78, 5) is 0. The summed E-state index contributed by atoms with van der Waals surface area (Å²) in [5, 5.41) is 0.258. The van der Waals surface area contributed by atoms with Crippen molar-refractivity contribution in [2.24, 2.45) is 0 Å². The van der Waals surface area contributed by atoms with Gasteiger partial charge in [-0.2, -0.15) is 0 Å². The van der Waals surface area contributed by atoms with Crippen molar-refractivity contribution >= 4 is 8.32 Å². The third-order valence-electron chi connectivity index (χ3n) is 4.31. The van der Waals surface area contributed by atoms with E-state index in [-0.39, 0.29) is 11.1 Å². The van der Waals surface area contributed by atoms with Crippen LogP contribution in [0.25, 0.3) is 0 Å². The monoisotopic (exact) mass is 290 g/mol. The van der Waals surface area contributed by atoms with E-state index >= 15 is 0 Å². The lowest BCUT2D eigenvalue weighted by molar-refractivity contribution is 0.212. The van der Waals surface area contributed by atoms with Crippen molar-refractivity contribution in [3.63, 3.8) is 0 Å². The molecule has 0 amide bonds. The molecule has 0 bridgehead atoms. The van der Waals surface area contributed by atoms with Crippen molar-refractivity contribution in [2.45, 2.75) is 64.3 Å². The standard InChI is InChI=1S/C18H30OSi/c1-7-17(19-20(5,6)18(2,3)4)15-11-14-16-12-9-8-10-13-16/h7-10,12-13,17H,1,11,14-15H2,2-6H3/t17-/m0/s1. The molecule has 1 atom stereocenters. The Balaban J connectivity index is 2.46. The predicted octanol–water partition coefficient (Wildman–Crippen LogP) is 5.59. The summed E-state index contributed by atoms with van der Waals surface area (Å²) in [6, 6.07) is 10.7. The van der Waals surface area contributed by atoms with Gasteiger partial charge in [0.2, 0.25) is 0 Å². The van der Waals surface area contributed by atoms with Crippen LogP contribution in [-0.4, -0.2) is 14.4 Å². The predicted molar refractivity (Wildman–Crippen MR) is 91.6 cm³/mol. The van der Waals surface area contributed by atoms with Gasteiger partial charge in [-0.05, 0) is 43.0 Å². The summed E-state index contributed by atoms with van der Waals surface area (Å²) >= 11 is 0. The smallest absolute Gasteiger partial charge is 0.192 e. The Morgan fingerprint density at radius 1 is 1.20 bits per heavy atom. The molecule has 1 aromatic rings. The van der Waals surface area contributed by atoms with Crippen molar-refractivity contribution in [3.05, 3.63) is 48.6 Å². The zero-order valence-corrected chi connectivity index (χ0v) is 14.8. The molecule has 0 saturated carbocycles. The first-order valence-electron chi connectivity index (χ1n) is 7.60. The van der Waals surface area contributed by atoms with Crippen LogP contribution in [0.1, 0.15) is 39.2 Å². The number of hydrogen-bond donors (Lipinski definition) is 0. The molecule has 0 saturated heterocycles. The Morgan fingerprint density at radius 2 is 1.80 bits per heavy atom. The topological polar surface area (TPSA) is 9.23 Å². The number of rotatable bonds is 7. The maximum Gasteiger partial charge on any atom is 0.192 e. The summed E-state index contributed by atoms with van der Waals surface area (Å²) in [7, 11) is -1.69. The Labute approximate surface area is 126 Å². The first kappa shape index (κ1) is 17.2. The van der Waals surface area contributed by atoms with Gasteiger partial charge in [-0.25, -0.2) is 0 Å². The molecule has 0 aromatic heterocycles. The van der Waals surface area contributed by atoms with Gasteiger partial charge in [0.25, 0.3) is 0 Å². The summed E-state index contributed by atoms with van der Waals surface area (Å²) in [5.41, 5.74) is 1.41. The molecule has 2 heteroatoms. The van der Waals surface area contributed by atoms with Gasteiger partial charge in [-0.15, -0.1) is 6.58 Å². The minimum Gasteiger partial charge on any atom is -0.411 e. The molecule has 0 aliphatic carbocycles. The Morgan fingerprint density at radius 3 is 2.30 bits per heavy atom. The fourth-order valence-corrected chi connectivity index (χ4v) is 3.26. The van der Waals surface area contributed by atoms with Gasteiger partial charge in [0, 0.05) is 0 Å². The molecule has 112 valence electrons. The first-order chi connectivity index (χ1) is 9.26. The van der Waals surface area contributed by atoms with Crippen LogP contribution in [0.4, 0.5) is 0 Å². The highest BCUT2D eigenvalue weighted by atomic mass is 28.4. The van der Waals surface area contributed by atoms with Crippen molar-refractivity contribution in [1.29, 1.82) is 0 Å². The number of benzene rings is 1. The molecule has 0 unspecified atom stereocenters. The maximum absolute atomic E-state index is 6.41. The normalized spacial score (nSPS) is 14.1. The van der Waals surface area contributed by atoms with Crippen LogP contribution in [0.2, 0.25) is 18.1 Å². The minimum absolute atomic E-state index is 0.194. The van der Waals surface area contributed by atoms with Gasteiger partial charge >= 0.3 is 0 Å². The lowest BCUT2D eigenvalue weighted by Gasteiger charge is -2.38. The molecule has 0 aliphatic rings. The van der Waals surface area contributed by atoms with Gasteiger partial charge in [0.15, 0.2) is 8.32 Å². The van der Waals surface area contributed by atoms with Crippen molar-refractivity contribution < 1.29 is 4.43 Å². The molecule has 1 rings (SSSR count). The third-order valence-corrected chi connectivity index (χ3v) is 8.82. The molecule has 0 spiro atoms. The van der Waals surface area contributed by atoms with Gasteiger partial charge in [-0.1, -0.05) is 57.2 Å². The van der Waals surface area contributed by atoms with Crippen molar-refractivity contribution in [1.82, 2.24) is 0 Å². The van der Waals surface area contributed by atoms with Gasteiger partial charge in [0.05, 0.1) is 6.10 Å². The maximum atomic E-state index is 6.41. The third kappa shape index (κ3) is 5.26. The largest absolute Gasteiger partial charge is 0.411 e. The summed E-state index contributed by atoms with van der Waals surface area (Å²) in [6.07, 6.45) is 5.50. The summed E-state index contributed by atoms with van der Waals surface area (Å²) < 4.78 is 6.41. The van der Waals surface area contributed by atoms with E-state index in [0.717, 1.165) is 19.3 Å². The average Bonchev–Trinajstić information content (AvgIpc) is 2.37. The van der Waals surface area contributed by atoms with Crippen molar-refractivity contribution in [2.75, 3.05) is 0 Å². The molecule has 1 nitrogen and oxygen atoms in total. The number of hydrogen-bond acceptors (Lipinski definition) is 1. The zero-order valence-electron chi connectivity index (χ0n) is 13.8. The van der Waals surface area contributed by atoms with E-state index < -0.39 is 8.32 Å². The first-order valence-corrected chi connectivity index (χ1v) is 10.5. The van der Waals surface area contributed by atoms with Gasteiger partial charge < -0.3 is 4.43 Å². The van der Waals surface area contributed by atoms with Gasteiger partial charge in [-0.3, -0.25) is 0 Å². The van der Waals surface area contributed by atoms with Crippen LogP contribution >= 0.6 is 0 Å². The van der Waals surface area contributed by atoms with E-state index in [2.05, 4.69) is 70.8 Å². The summed E-state index contributed by atoms with van der Waals surface area (Å²) in [5.74, 6) is 0. The molecule has 0 heterocycles. The second kappa shape index (κ2) is 7.23. The van der Waals surface area contributed by atoms with Crippen LogP contribution in [0, 0.1) is 0 Å². The van der Waals surface area contributed by atoms with E-state index in [1.807, 2.05) is 6.08 Å². The van der Waals surface area contributed by atoms with Crippen LogP contribution in [0.5, 0.6) is 0 Å². The van der Waals surface area contributed by atoms with E-state index in [9.17, 15) is 0 Å². The fourth-order valence-electron chi connectivity index (χ4n) is 1.93. The van der Waals surface area contributed by atoms with E-state index in [0.29, 0.717) is 0 Å². The SMILES string of the molecule is C=C[C@@H](CCCc1ccccc1)O[Si](C)(C)C(C)(C)C. The van der Waals surface area contributed by atoms with Gasteiger partial charge in [0.1, 0.15) is 0 Å². The van der Waals surface area contributed by atoms with Crippen LogP contribution in [-0.2, 0) is 10.8 Å². The highest BCUT2D eigenvalue weighted by Gasteiger charge is 2.38. The Kier molecular flexibility index (Phi) is 6.22. The molecular formula is C18H30OSi. The van der Waals surface area contributed by atoms with Crippen molar-refractivity contribution in [3.8, 4) is 0 Å². The van der Waals surface area contributed by atoms with E-state index in [4.69, 9.17) is 4.43 Å². The molecule has 0 N–H and O–H groups in total.